The van der Waals surface area contributed by atoms with E-state index in [1.54, 1.807) is 18.6 Å². The molecule has 0 saturated heterocycles. The van der Waals surface area contributed by atoms with Gasteiger partial charge in [0.15, 0.2) is 0 Å². The fourth-order valence-electron chi connectivity index (χ4n) is 3.48. The molecule has 0 aliphatic heterocycles. The number of aromatic nitrogens is 4. The standard InChI is InChI=1S/C22H23N5O2/c1-3-17(13-27-22(29)18-9-5-4-8-16(18)12-24-27)25-21(28)15(2)26-14-23-19-10-6-7-11-20(19)26/h4-12,14-15,17H,3,13H2,1-2H3,(H,25,28)/t15-,17+/m1/s1. The lowest BCUT2D eigenvalue weighted by Gasteiger charge is -2.21. The number of hydrogen-bond acceptors (Lipinski definition) is 4. The third kappa shape index (κ3) is 3.63. The molecule has 0 spiro atoms. The molecule has 0 aliphatic carbocycles. The topological polar surface area (TPSA) is 81.8 Å². The molecule has 0 radical (unpaired) electrons. The van der Waals surface area contributed by atoms with Gasteiger partial charge < -0.3 is 9.88 Å². The van der Waals surface area contributed by atoms with Gasteiger partial charge in [-0.15, -0.1) is 0 Å². The molecular weight excluding hydrogens is 366 g/mol. The van der Waals surface area contributed by atoms with Gasteiger partial charge in [0.05, 0.1) is 35.5 Å². The number of nitrogens with one attached hydrogen (secondary N) is 1. The maximum absolute atomic E-state index is 12.9. The summed E-state index contributed by atoms with van der Waals surface area (Å²) in [7, 11) is 0. The van der Waals surface area contributed by atoms with Gasteiger partial charge in [0.1, 0.15) is 6.04 Å². The first-order chi connectivity index (χ1) is 14.1. The van der Waals surface area contributed by atoms with Crippen LogP contribution in [0.15, 0.2) is 65.8 Å². The smallest absolute Gasteiger partial charge is 0.274 e. The summed E-state index contributed by atoms with van der Waals surface area (Å²) >= 11 is 0. The minimum absolute atomic E-state index is 0.117. The predicted molar refractivity (Wildman–Crippen MR) is 113 cm³/mol. The van der Waals surface area contributed by atoms with E-state index in [1.807, 2.05) is 60.9 Å². The lowest BCUT2D eigenvalue weighted by molar-refractivity contribution is -0.124. The van der Waals surface area contributed by atoms with Gasteiger partial charge in [0.25, 0.3) is 5.56 Å². The molecule has 2 aromatic carbocycles. The molecule has 0 unspecified atom stereocenters. The van der Waals surface area contributed by atoms with Gasteiger partial charge in [-0.25, -0.2) is 9.67 Å². The minimum atomic E-state index is -0.419. The molecule has 2 atom stereocenters. The van der Waals surface area contributed by atoms with Crippen molar-refractivity contribution in [1.29, 1.82) is 0 Å². The van der Waals surface area contributed by atoms with Crippen molar-refractivity contribution in [3.63, 3.8) is 0 Å². The van der Waals surface area contributed by atoms with Crippen LogP contribution >= 0.6 is 0 Å². The van der Waals surface area contributed by atoms with Crippen LogP contribution in [0, 0.1) is 0 Å². The van der Waals surface area contributed by atoms with Crippen molar-refractivity contribution in [2.45, 2.75) is 38.9 Å². The van der Waals surface area contributed by atoms with Gasteiger partial charge in [-0.2, -0.15) is 5.10 Å². The van der Waals surface area contributed by atoms with E-state index in [9.17, 15) is 9.59 Å². The normalized spacial score (nSPS) is 13.4. The summed E-state index contributed by atoms with van der Waals surface area (Å²) < 4.78 is 3.28. The summed E-state index contributed by atoms with van der Waals surface area (Å²) in [5, 5.41) is 8.77. The Morgan fingerprint density at radius 1 is 1.14 bits per heavy atom. The lowest BCUT2D eigenvalue weighted by Crippen LogP contribution is -2.43. The van der Waals surface area contributed by atoms with E-state index in [2.05, 4.69) is 15.4 Å². The molecule has 2 aromatic heterocycles. The molecule has 0 saturated carbocycles. The fraction of sp³-hybridized carbons (Fsp3) is 0.273. The maximum Gasteiger partial charge on any atom is 0.274 e. The van der Waals surface area contributed by atoms with E-state index >= 15 is 0 Å². The Labute approximate surface area is 168 Å². The first-order valence-electron chi connectivity index (χ1n) is 9.75. The molecule has 7 heteroatoms. The molecule has 2 heterocycles. The van der Waals surface area contributed by atoms with E-state index < -0.39 is 6.04 Å². The highest BCUT2D eigenvalue weighted by atomic mass is 16.2. The number of rotatable bonds is 6. The van der Waals surface area contributed by atoms with Gasteiger partial charge in [-0.05, 0) is 31.5 Å². The van der Waals surface area contributed by atoms with Crippen molar-refractivity contribution in [1.82, 2.24) is 24.6 Å². The van der Waals surface area contributed by atoms with Gasteiger partial charge in [-0.1, -0.05) is 37.3 Å². The van der Waals surface area contributed by atoms with Crippen LogP contribution in [0.4, 0.5) is 0 Å². The number of hydrogen-bond donors (Lipinski definition) is 1. The molecule has 7 nitrogen and oxygen atoms in total. The second-order valence-corrected chi connectivity index (χ2v) is 7.15. The zero-order chi connectivity index (χ0) is 20.4. The predicted octanol–water partition coefficient (Wildman–Crippen LogP) is 2.90. The van der Waals surface area contributed by atoms with Crippen LogP contribution in [-0.2, 0) is 11.3 Å². The zero-order valence-electron chi connectivity index (χ0n) is 16.4. The van der Waals surface area contributed by atoms with Crippen molar-refractivity contribution in [2.75, 3.05) is 0 Å². The average Bonchev–Trinajstić information content (AvgIpc) is 3.18. The molecule has 1 N–H and O–H groups in total. The number of nitrogens with zero attached hydrogens (tertiary/aromatic N) is 4. The second-order valence-electron chi connectivity index (χ2n) is 7.15. The third-order valence-corrected chi connectivity index (χ3v) is 5.27. The van der Waals surface area contributed by atoms with Crippen molar-refractivity contribution in [3.8, 4) is 0 Å². The van der Waals surface area contributed by atoms with Crippen molar-refractivity contribution in [2.24, 2.45) is 0 Å². The van der Waals surface area contributed by atoms with Gasteiger partial charge >= 0.3 is 0 Å². The molecule has 0 aliphatic rings. The zero-order valence-corrected chi connectivity index (χ0v) is 16.4. The summed E-state index contributed by atoms with van der Waals surface area (Å²) in [5.74, 6) is -0.117. The van der Waals surface area contributed by atoms with E-state index in [-0.39, 0.29) is 17.5 Å². The third-order valence-electron chi connectivity index (χ3n) is 5.27. The van der Waals surface area contributed by atoms with E-state index in [4.69, 9.17) is 0 Å². The Balaban J connectivity index is 1.52. The van der Waals surface area contributed by atoms with E-state index in [0.29, 0.717) is 18.4 Å². The van der Waals surface area contributed by atoms with Gasteiger partial charge in [0, 0.05) is 11.4 Å². The molecule has 148 valence electrons. The second kappa shape index (κ2) is 7.87. The van der Waals surface area contributed by atoms with Crippen LogP contribution in [-0.4, -0.2) is 31.3 Å². The summed E-state index contributed by atoms with van der Waals surface area (Å²) in [4.78, 5) is 29.9. The number of amides is 1. The molecule has 4 aromatic rings. The largest absolute Gasteiger partial charge is 0.350 e. The maximum atomic E-state index is 12.9. The van der Waals surface area contributed by atoms with E-state index in [0.717, 1.165) is 16.4 Å². The van der Waals surface area contributed by atoms with Crippen molar-refractivity contribution in [3.05, 3.63) is 71.4 Å². The summed E-state index contributed by atoms with van der Waals surface area (Å²) in [5.41, 5.74) is 1.62. The Hall–Kier alpha value is -3.48. The molecule has 4 rings (SSSR count). The quantitative estimate of drug-likeness (QED) is 0.550. The SMILES string of the molecule is CC[C@@H](Cn1ncc2ccccc2c1=O)NC(=O)[C@@H](C)n1cnc2ccccc21. The number of carbonyl (C=O) groups excluding carboxylic acids is 1. The molecule has 0 fully saturated rings. The van der Waals surface area contributed by atoms with Gasteiger partial charge in [-0.3, -0.25) is 9.59 Å². The van der Waals surface area contributed by atoms with Gasteiger partial charge in [0.2, 0.25) is 5.91 Å². The van der Waals surface area contributed by atoms with Crippen LogP contribution in [0.2, 0.25) is 0 Å². The minimum Gasteiger partial charge on any atom is -0.350 e. The fourth-order valence-corrected chi connectivity index (χ4v) is 3.48. The van der Waals surface area contributed by atoms with Crippen LogP contribution in [0.25, 0.3) is 21.8 Å². The molecular formula is C22H23N5O2. The number of benzene rings is 2. The van der Waals surface area contributed by atoms with Crippen LogP contribution in [0.5, 0.6) is 0 Å². The number of imidazole rings is 1. The van der Waals surface area contributed by atoms with Crippen LogP contribution in [0.3, 0.4) is 0 Å². The Morgan fingerprint density at radius 2 is 1.90 bits per heavy atom. The summed E-state index contributed by atoms with van der Waals surface area (Å²) in [6.07, 6.45) is 4.06. The highest BCUT2D eigenvalue weighted by molar-refractivity contribution is 5.84. The van der Waals surface area contributed by atoms with Crippen LogP contribution < -0.4 is 10.9 Å². The van der Waals surface area contributed by atoms with Crippen molar-refractivity contribution < 1.29 is 4.79 Å². The average molecular weight is 389 g/mol. The number of fused-ring (bicyclic) bond motifs is 2. The number of carbonyl (C=O) groups is 1. The highest BCUT2D eigenvalue weighted by Gasteiger charge is 2.20. The molecule has 29 heavy (non-hydrogen) atoms. The Kier molecular flexibility index (Phi) is 5.12. The number of para-hydroxylation sites is 2. The summed E-state index contributed by atoms with van der Waals surface area (Å²) in [6, 6.07) is 14.5. The van der Waals surface area contributed by atoms with Crippen LogP contribution in [0.1, 0.15) is 26.3 Å². The summed E-state index contributed by atoms with van der Waals surface area (Å²) in [6.45, 7) is 4.15. The van der Waals surface area contributed by atoms with Crippen molar-refractivity contribution >= 4 is 27.7 Å². The lowest BCUT2D eigenvalue weighted by atomic mass is 10.2. The Morgan fingerprint density at radius 3 is 2.72 bits per heavy atom. The Bertz CT molecular complexity index is 1230. The monoisotopic (exact) mass is 389 g/mol. The molecule has 0 bridgehead atoms. The first kappa shape index (κ1) is 18.9. The first-order valence-corrected chi connectivity index (χ1v) is 9.75. The highest BCUT2D eigenvalue weighted by Crippen LogP contribution is 2.17. The molecule has 1 amide bonds. The van der Waals surface area contributed by atoms with E-state index in [1.165, 1.54) is 4.68 Å².